The van der Waals surface area contributed by atoms with Crippen LogP contribution in [0.5, 0.6) is 5.75 Å². The molecule has 0 atom stereocenters. The molecule has 1 aliphatic heterocycles. The maximum Gasteiger partial charge on any atom is 0.274 e. The number of nitrogens with zero attached hydrogens (tertiary/aromatic N) is 2. The highest BCUT2D eigenvalue weighted by atomic mass is 35.5. The fraction of sp³-hybridized carbons (Fsp3) is 0.280. The molecule has 1 aromatic carbocycles. The second kappa shape index (κ2) is 11.7. The maximum atomic E-state index is 13.4. The second-order valence-electron chi connectivity index (χ2n) is 8.31. The molecule has 7 nitrogen and oxygen atoms in total. The van der Waals surface area contributed by atoms with Crippen molar-refractivity contribution in [2.75, 3.05) is 24.7 Å². The number of amides is 1. The topological polar surface area (TPSA) is 93.2 Å². The number of nitrogens with one attached hydrogen (secondary N) is 2. The first kappa shape index (κ1) is 25.2. The summed E-state index contributed by atoms with van der Waals surface area (Å²) in [5.41, 5.74) is 1.78. The predicted molar refractivity (Wildman–Crippen MR) is 142 cm³/mol. The number of piperidine rings is 1. The highest BCUT2D eigenvalue weighted by molar-refractivity contribution is 7.98. The Kier molecular flexibility index (Phi) is 8.44. The van der Waals surface area contributed by atoms with Crippen molar-refractivity contribution >= 4 is 53.5 Å². The number of aryl methyl sites for hydroxylation is 1. The van der Waals surface area contributed by atoms with Gasteiger partial charge in [0.25, 0.3) is 5.91 Å². The molecule has 2 aromatic heterocycles. The lowest BCUT2D eigenvalue weighted by molar-refractivity contribution is 0.102. The first-order chi connectivity index (χ1) is 16.9. The van der Waals surface area contributed by atoms with E-state index in [2.05, 4.69) is 20.6 Å². The van der Waals surface area contributed by atoms with Crippen LogP contribution >= 0.6 is 23.4 Å². The number of ether oxygens (including phenoxy) is 1. The summed E-state index contributed by atoms with van der Waals surface area (Å²) in [5, 5.41) is 6.53. The number of anilines is 1. The van der Waals surface area contributed by atoms with Crippen LogP contribution in [0.25, 0.3) is 0 Å². The zero-order chi connectivity index (χ0) is 24.8. The van der Waals surface area contributed by atoms with E-state index in [-0.39, 0.29) is 24.8 Å². The molecule has 3 aromatic rings. The molecular formula is C25H26BClN4O3S. The Labute approximate surface area is 214 Å². The molecular weight excluding hydrogens is 483 g/mol. The number of benzene rings is 1. The number of hydrogen-bond acceptors (Lipinski definition) is 7. The van der Waals surface area contributed by atoms with E-state index >= 15 is 0 Å². The van der Waals surface area contributed by atoms with Gasteiger partial charge in [0.15, 0.2) is 0 Å². The Morgan fingerprint density at radius 1 is 1.17 bits per heavy atom. The van der Waals surface area contributed by atoms with Crippen LogP contribution in [0.3, 0.4) is 0 Å². The number of halogens is 1. The largest absolute Gasteiger partial charge is 0.490 e. The normalized spacial score (nSPS) is 13.8. The number of pyridine rings is 2. The van der Waals surface area contributed by atoms with Crippen LogP contribution in [0.2, 0.25) is 5.02 Å². The average molecular weight is 509 g/mol. The van der Waals surface area contributed by atoms with Gasteiger partial charge in [0.2, 0.25) is 7.28 Å². The summed E-state index contributed by atoms with van der Waals surface area (Å²) >= 11 is 7.48. The number of rotatable bonds is 8. The number of thioether (sulfide) groups is 1. The molecule has 0 unspecified atom stereocenters. The molecule has 0 radical (unpaired) electrons. The van der Waals surface area contributed by atoms with Crippen molar-refractivity contribution in [1.82, 2.24) is 15.3 Å². The molecule has 2 N–H and O–H groups in total. The highest BCUT2D eigenvalue weighted by Crippen LogP contribution is 2.28. The first-order valence-electron chi connectivity index (χ1n) is 11.4. The summed E-state index contributed by atoms with van der Waals surface area (Å²) in [6.07, 6.45) is 5.29. The fourth-order valence-corrected chi connectivity index (χ4v) is 4.41. The van der Waals surface area contributed by atoms with Gasteiger partial charge in [-0.15, -0.1) is 11.8 Å². The Bertz CT molecular complexity index is 1220. The van der Waals surface area contributed by atoms with Gasteiger partial charge in [-0.2, -0.15) is 0 Å². The van der Waals surface area contributed by atoms with Crippen LogP contribution in [0, 0.1) is 6.92 Å². The van der Waals surface area contributed by atoms with Crippen molar-refractivity contribution < 1.29 is 14.3 Å². The zero-order valence-electron chi connectivity index (χ0n) is 19.6. The smallest absolute Gasteiger partial charge is 0.274 e. The minimum absolute atomic E-state index is 0.0191. The first-order valence-corrected chi connectivity index (χ1v) is 13.0. The summed E-state index contributed by atoms with van der Waals surface area (Å²) in [6.45, 7) is 3.59. The number of carbonyl (C=O) groups is 2. The van der Waals surface area contributed by atoms with E-state index in [1.165, 1.54) is 6.20 Å². The van der Waals surface area contributed by atoms with Crippen molar-refractivity contribution in [3.05, 3.63) is 70.6 Å². The summed E-state index contributed by atoms with van der Waals surface area (Å²) in [6, 6.07) is 12.5. The Balaban J connectivity index is 1.58. The molecule has 4 rings (SSSR count). The second-order valence-corrected chi connectivity index (χ2v) is 9.62. The highest BCUT2D eigenvalue weighted by Gasteiger charge is 2.23. The van der Waals surface area contributed by atoms with Crippen LogP contribution in [-0.4, -0.2) is 54.3 Å². The number of aromatic nitrogens is 2. The monoisotopic (exact) mass is 508 g/mol. The lowest BCUT2D eigenvalue weighted by Gasteiger charge is -2.25. The third-order valence-corrected chi connectivity index (χ3v) is 6.67. The van der Waals surface area contributed by atoms with E-state index in [0.717, 1.165) is 30.8 Å². The minimum atomic E-state index is -0.435. The van der Waals surface area contributed by atoms with Gasteiger partial charge in [-0.25, -0.2) is 9.97 Å². The molecule has 10 heteroatoms. The average Bonchev–Trinajstić information content (AvgIpc) is 2.87. The maximum absolute atomic E-state index is 13.4. The minimum Gasteiger partial charge on any atom is -0.490 e. The van der Waals surface area contributed by atoms with Gasteiger partial charge < -0.3 is 20.2 Å². The third-order valence-electron chi connectivity index (χ3n) is 5.72. The molecule has 1 aliphatic rings. The molecule has 1 saturated heterocycles. The van der Waals surface area contributed by atoms with Crippen LogP contribution in [0.15, 0.2) is 53.6 Å². The predicted octanol–water partition coefficient (Wildman–Crippen LogP) is 3.45. The van der Waals surface area contributed by atoms with E-state index in [0.29, 0.717) is 33.3 Å². The molecule has 0 aliphatic carbocycles. The Hall–Kier alpha value is -2.88. The molecule has 35 heavy (non-hydrogen) atoms. The van der Waals surface area contributed by atoms with E-state index in [1.807, 2.05) is 24.5 Å². The van der Waals surface area contributed by atoms with Gasteiger partial charge in [-0.1, -0.05) is 17.7 Å². The van der Waals surface area contributed by atoms with Gasteiger partial charge in [-0.3, -0.25) is 4.79 Å². The molecule has 0 spiro atoms. The van der Waals surface area contributed by atoms with Crippen LogP contribution in [-0.2, 0) is 0 Å². The molecule has 1 amide bonds. The summed E-state index contributed by atoms with van der Waals surface area (Å²) in [4.78, 5) is 36.0. The van der Waals surface area contributed by atoms with Crippen molar-refractivity contribution in [3.63, 3.8) is 0 Å². The van der Waals surface area contributed by atoms with Gasteiger partial charge in [0.1, 0.15) is 29.0 Å². The molecule has 1 fully saturated rings. The lowest BCUT2D eigenvalue weighted by Crippen LogP contribution is -2.35. The zero-order valence-corrected chi connectivity index (χ0v) is 21.2. The van der Waals surface area contributed by atoms with Crippen molar-refractivity contribution in [2.45, 2.75) is 30.8 Å². The standard InChI is InChI=1S/C25H26BClN4O3S/c1-15-3-7-20(23(30-15)25(33)31-22-8-4-16(27)14-29-22)26-24(32)19-6-5-18(35-2)13-21(19)34-17-9-11-28-12-10-17/h3-8,13-14,17,26,28H,9-12H2,1-2H3,(H,29,31,33). The van der Waals surface area contributed by atoms with Gasteiger partial charge >= 0.3 is 0 Å². The fourth-order valence-electron chi connectivity index (χ4n) is 3.87. The SMILES string of the molecule is CSc1ccc(C(=O)Bc2ccc(C)nc2C(=O)Nc2ccc(Cl)cn2)c(OC2CCNCC2)c1. The van der Waals surface area contributed by atoms with E-state index in [1.54, 1.807) is 43.0 Å². The van der Waals surface area contributed by atoms with E-state index in [4.69, 9.17) is 16.3 Å². The Morgan fingerprint density at radius 2 is 1.97 bits per heavy atom. The molecule has 3 heterocycles. The third kappa shape index (κ3) is 6.63. The lowest BCUT2D eigenvalue weighted by atomic mass is 9.63. The Morgan fingerprint density at radius 3 is 2.69 bits per heavy atom. The van der Waals surface area contributed by atoms with E-state index in [9.17, 15) is 9.59 Å². The van der Waals surface area contributed by atoms with Crippen molar-refractivity contribution in [3.8, 4) is 5.75 Å². The van der Waals surface area contributed by atoms with Crippen LogP contribution in [0.1, 0.15) is 39.4 Å². The van der Waals surface area contributed by atoms with Gasteiger partial charge in [-0.05, 0) is 81.0 Å². The summed E-state index contributed by atoms with van der Waals surface area (Å²) in [7, 11) is 0.0191. The quantitative estimate of drug-likeness (QED) is 0.356. The van der Waals surface area contributed by atoms with Crippen LogP contribution in [0.4, 0.5) is 5.82 Å². The van der Waals surface area contributed by atoms with Crippen LogP contribution < -0.4 is 20.8 Å². The molecule has 0 bridgehead atoms. The molecule has 0 saturated carbocycles. The van der Waals surface area contributed by atoms with Gasteiger partial charge in [0.05, 0.1) is 5.02 Å². The molecule has 180 valence electrons. The van der Waals surface area contributed by atoms with E-state index < -0.39 is 5.91 Å². The van der Waals surface area contributed by atoms with Crippen molar-refractivity contribution in [1.29, 1.82) is 0 Å². The number of carbonyl (C=O) groups excluding carboxylic acids is 2. The van der Waals surface area contributed by atoms with Gasteiger partial charge in [0, 0.05) is 22.3 Å². The summed E-state index contributed by atoms with van der Waals surface area (Å²) < 4.78 is 6.29. The van der Waals surface area contributed by atoms with Crippen molar-refractivity contribution in [2.24, 2.45) is 0 Å². The number of hydrogen-bond donors (Lipinski definition) is 2. The summed E-state index contributed by atoms with van der Waals surface area (Å²) in [5.74, 6) is 0.505.